The van der Waals surface area contributed by atoms with Crippen LogP contribution in [0, 0.1) is 11.6 Å². The molecule has 0 spiro atoms. The molecule has 48 heavy (non-hydrogen) atoms. The van der Waals surface area contributed by atoms with Gasteiger partial charge in [0.05, 0.1) is 30.0 Å². The van der Waals surface area contributed by atoms with Crippen LogP contribution >= 0.6 is 0 Å². The fraction of sp³-hybridized carbons (Fsp3) is 0.167. The molecule has 1 aliphatic rings. The second kappa shape index (κ2) is 14.0. The van der Waals surface area contributed by atoms with E-state index in [9.17, 15) is 13.6 Å². The number of fused-ring (bicyclic) bond motifs is 1. The first-order chi connectivity index (χ1) is 23.5. The normalized spacial score (nSPS) is 13.4. The zero-order chi connectivity index (χ0) is 32.9. The third-order valence-electron chi connectivity index (χ3n) is 7.91. The highest BCUT2D eigenvalue weighted by Crippen LogP contribution is 2.35. The predicted molar refractivity (Wildman–Crippen MR) is 178 cm³/mol. The number of ether oxygens (including phenoxy) is 2. The number of carbonyl (C=O) groups is 1. The summed E-state index contributed by atoms with van der Waals surface area (Å²) in [6.45, 7) is 4.71. The van der Waals surface area contributed by atoms with Crippen molar-refractivity contribution in [3.8, 4) is 28.3 Å². The van der Waals surface area contributed by atoms with Gasteiger partial charge in [-0.3, -0.25) is 9.69 Å². The van der Waals surface area contributed by atoms with Gasteiger partial charge in [0.1, 0.15) is 35.2 Å². The standard InChI is InChI=1S/C36H31F2N7O3/c37-28-10-5-11-29(38)32(28)35(46)40-25-7-3-6-24(22-25)34-33(31-12-1-2-15-45(31)43-34)30-13-14-39-36(42-30)41-26-8-4-9-27(23-26)48-21-18-44-16-19-47-20-17-44/h1-15,22-23H,16-21H2,(H,40,46)(H,39,41,42). The van der Waals surface area contributed by atoms with Crippen LogP contribution in [0.3, 0.4) is 0 Å². The second-order valence-corrected chi connectivity index (χ2v) is 11.1. The van der Waals surface area contributed by atoms with Crippen LogP contribution in [0.1, 0.15) is 10.4 Å². The summed E-state index contributed by atoms with van der Waals surface area (Å²) in [5.41, 5.74) is 3.88. The summed E-state index contributed by atoms with van der Waals surface area (Å²) in [5.74, 6) is -1.66. The van der Waals surface area contributed by atoms with E-state index < -0.39 is 23.1 Å². The fourth-order valence-electron chi connectivity index (χ4n) is 5.57. The van der Waals surface area contributed by atoms with Gasteiger partial charge in [0, 0.05) is 55.0 Å². The summed E-state index contributed by atoms with van der Waals surface area (Å²) in [6.07, 6.45) is 3.50. The number of nitrogens with one attached hydrogen (secondary N) is 2. The van der Waals surface area contributed by atoms with Crippen LogP contribution in [-0.2, 0) is 4.74 Å². The number of amides is 1. The molecular weight excluding hydrogens is 616 g/mol. The van der Waals surface area contributed by atoms with Gasteiger partial charge in [-0.25, -0.2) is 23.3 Å². The minimum absolute atomic E-state index is 0.347. The van der Waals surface area contributed by atoms with E-state index in [2.05, 4.69) is 20.5 Å². The Hall–Kier alpha value is -5.72. The lowest BCUT2D eigenvalue weighted by Gasteiger charge is -2.26. The molecule has 7 rings (SSSR count). The quantitative estimate of drug-likeness (QED) is 0.175. The van der Waals surface area contributed by atoms with Crippen molar-refractivity contribution in [1.82, 2.24) is 24.5 Å². The molecule has 242 valence electrons. The maximum atomic E-state index is 14.3. The average Bonchev–Trinajstić information content (AvgIpc) is 3.49. The first kappa shape index (κ1) is 30.9. The Bertz CT molecular complexity index is 2060. The molecule has 1 amide bonds. The molecule has 0 bridgehead atoms. The first-order valence-electron chi connectivity index (χ1n) is 15.5. The second-order valence-electron chi connectivity index (χ2n) is 11.1. The maximum Gasteiger partial charge on any atom is 0.261 e. The minimum Gasteiger partial charge on any atom is -0.492 e. The summed E-state index contributed by atoms with van der Waals surface area (Å²) in [6, 6.07) is 25.4. The van der Waals surface area contributed by atoms with Crippen molar-refractivity contribution in [3.05, 3.63) is 121 Å². The fourth-order valence-corrected chi connectivity index (χ4v) is 5.57. The highest BCUT2D eigenvalue weighted by Gasteiger charge is 2.20. The van der Waals surface area contributed by atoms with Crippen LogP contribution < -0.4 is 15.4 Å². The van der Waals surface area contributed by atoms with E-state index in [0.717, 1.165) is 67.5 Å². The number of carbonyl (C=O) groups excluding carboxylic acids is 1. The van der Waals surface area contributed by atoms with E-state index >= 15 is 0 Å². The highest BCUT2D eigenvalue weighted by molar-refractivity contribution is 6.05. The van der Waals surface area contributed by atoms with Gasteiger partial charge in [-0.15, -0.1) is 0 Å². The summed E-state index contributed by atoms with van der Waals surface area (Å²) >= 11 is 0. The number of morpholine rings is 1. The first-order valence-corrected chi connectivity index (χ1v) is 15.5. The molecular formula is C36H31F2N7O3. The molecule has 3 aromatic carbocycles. The zero-order valence-corrected chi connectivity index (χ0v) is 25.8. The number of hydrogen-bond acceptors (Lipinski definition) is 8. The predicted octanol–water partition coefficient (Wildman–Crippen LogP) is 6.44. The van der Waals surface area contributed by atoms with E-state index in [0.29, 0.717) is 35.2 Å². The summed E-state index contributed by atoms with van der Waals surface area (Å²) < 4.78 is 41.7. The van der Waals surface area contributed by atoms with Gasteiger partial charge in [0.25, 0.3) is 5.91 Å². The van der Waals surface area contributed by atoms with Crippen LogP contribution in [0.4, 0.5) is 26.1 Å². The van der Waals surface area contributed by atoms with Gasteiger partial charge in [-0.05, 0) is 54.6 Å². The maximum absolute atomic E-state index is 14.3. The van der Waals surface area contributed by atoms with Gasteiger partial charge in [-0.2, -0.15) is 5.10 Å². The third-order valence-corrected chi connectivity index (χ3v) is 7.91. The van der Waals surface area contributed by atoms with Crippen LogP contribution in [0.15, 0.2) is 103 Å². The van der Waals surface area contributed by atoms with Crippen molar-refractivity contribution in [2.24, 2.45) is 0 Å². The Balaban J connectivity index is 1.14. The van der Waals surface area contributed by atoms with Gasteiger partial charge in [-0.1, -0.05) is 30.3 Å². The zero-order valence-electron chi connectivity index (χ0n) is 25.8. The number of nitrogens with zero attached hydrogens (tertiary/aromatic N) is 5. The topological polar surface area (TPSA) is 106 Å². The van der Waals surface area contributed by atoms with Crippen molar-refractivity contribution in [2.45, 2.75) is 0 Å². The Morgan fingerprint density at radius 1 is 0.896 bits per heavy atom. The van der Waals surface area contributed by atoms with Crippen molar-refractivity contribution in [3.63, 3.8) is 0 Å². The highest BCUT2D eigenvalue weighted by atomic mass is 19.1. The number of aromatic nitrogens is 4. The lowest BCUT2D eigenvalue weighted by atomic mass is 10.0. The largest absolute Gasteiger partial charge is 0.492 e. The molecule has 2 N–H and O–H groups in total. The molecule has 1 saturated heterocycles. The smallest absolute Gasteiger partial charge is 0.261 e. The molecule has 1 fully saturated rings. The number of hydrogen-bond donors (Lipinski definition) is 2. The molecule has 10 nitrogen and oxygen atoms in total. The summed E-state index contributed by atoms with van der Waals surface area (Å²) in [5, 5.41) is 10.7. The average molecular weight is 648 g/mol. The molecule has 0 radical (unpaired) electrons. The monoisotopic (exact) mass is 647 g/mol. The minimum atomic E-state index is -0.942. The molecule has 12 heteroatoms. The van der Waals surface area contributed by atoms with E-state index in [1.807, 2.05) is 54.7 Å². The molecule has 1 aliphatic heterocycles. The molecule has 4 heterocycles. The summed E-state index contributed by atoms with van der Waals surface area (Å²) in [7, 11) is 0. The number of pyridine rings is 1. The number of anilines is 3. The van der Waals surface area contributed by atoms with Gasteiger partial charge in [0.15, 0.2) is 0 Å². The lowest BCUT2D eigenvalue weighted by molar-refractivity contribution is 0.0322. The van der Waals surface area contributed by atoms with Crippen molar-refractivity contribution >= 4 is 28.7 Å². The SMILES string of the molecule is O=C(Nc1cccc(-c2nn3ccccc3c2-c2ccnc(Nc3cccc(OCCN4CCOCC4)c3)n2)c1)c1c(F)cccc1F. The van der Waals surface area contributed by atoms with E-state index in [1.54, 1.807) is 35.0 Å². The Kier molecular flexibility index (Phi) is 8.99. The van der Waals surface area contributed by atoms with Gasteiger partial charge >= 0.3 is 0 Å². The molecule has 0 saturated carbocycles. The van der Waals surface area contributed by atoms with Gasteiger partial charge < -0.3 is 20.1 Å². The molecule has 3 aromatic heterocycles. The third kappa shape index (κ3) is 6.85. The Labute approximate surface area is 275 Å². The molecule has 6 aromatic rings. The van der Waals surface area contributed by atoms with Crippen LogP contribution in [-0.4, -0.2) is 69.8 Å². The van der Waals surface area contributed by atoms with E-state index in [4.69, 9.17) is 19.6 Å². The van der Waals surface area contributed by atoms with Crippen LogP contribution in [0.25, 0.3) is 28.0 Å². The van der Waals surface area contributed by atoms with E-state index in [-0.39, 0.29) is 0 Å². The Morgan fingerprint density at radius 2 is 1.69 bits per heavy atom. The molecule has 0 atom stereocenters. The van der Waals surface area contributed by atoms with Crippen molar-refractivity contribution in [2.75, 3.05) is 50.1 Å². The van der Waals surface area contributed by atoms with Gasteiger partial charge in [0.2, 0.25) is 5.95 Å². The summed E-state index contributed by atoms with van der Waals surface area (Å²) in [4.78, 5) is 24.4. The van der Waals surface area contributed by atoms with Crippen LogP contribution in [0.5, 0.6) is 5.75 Å². The van der Waals surface area contributed by atoms with Crippen molar-refractivity contribution < 1.29 is 23.0 Å². The number of halogens is 2. The van der Waals surface area contributed by atoms with E-state index in [1.165, 1.54) is 6.07 Å². The van der Waals surface area contributed by atoms with Crippen LogP contribution in [0.2, 0.25) is 0 Å². The molecule has 0 aliphatic carbocycles. The van der Waals surface area contributed by atoms with Crippen molar-refractivity contribution in [1.29, 1.82) is 0 Å². The number of benzene rings is 3. The number of rotatable bonds is 10. The lowest BCUT2D eigenvalue weighted by Crippen LogP contribution is -2.38. The molecule has 0 unspecified atom stereocenters. The Morgan fingerprint density at radius 3 is 2.54 bits per heavy atom.